The van der Waals surface area contributed by atoms with Crippen molar-refractivity contribution in [1.82, 2.24) is 9.55 Å². The van der Waals surface area contributed by atoms with E-state index in [0.29, 0.717) is 12.3 Å². The van der Waals surface area contributed by atoms with E-state index >= 15 is 0 Å². The first kappa shape index (κ1) is 9.61. The molecular weight excluding hydrogens is 214 g/mol. The van der Waals surface area contributed by atoms with E-state index in [0.717, 1.165) is 0 Å². The number of aromatic nitrogens is 2. The van der Waals surface area contributed by atoms with Crippen molar-refractivity contribution in [3.63, 3.8) is 0 Å². The van der Waals surface area contributed by atoms with Crippen LogP contribution in [0.4, 0.5) is 5.82 Å². The van der Waals surface area contributed by atoms with Crippen LogP contribution in [0.3, 0.4) is 0 Å². The van der Waals surface area contributed by atoms with Crippen LogP contribution in [0.2, 0.25) is 0 Å². The largest absolute Gasteiger partial charge is 0.476 e. The topological polar surface area (TPSA) is 99.6 Å². The van der Waals surface area contributed by atoms with Crippen molar-refractivity contribution in [3.8, 4) is 5.88 Å². The minimum absolute atomic E-state index is 0.120. The molecule has 0 radical (unpaired) electrons. The molecule has 16 heavy (non-hydrogen) atoms. The average Bonchev–Trinajstić information content (AvgIpc) is 2.43. The lowest BCUT2D eigenvalue weighted by atomic mass is 10.2. The predicted molar refractivity (Wildman–Crippen MR) is 52.9 cm³/mol. The molecule has 0 aromatic carbocycles. The fraction of sp³-hybridized carbons (Fsp3) is 0.556. The Morgan fingerprint density at radius 2 is 2.44 bits per heavy atom. The van der Waals surface area contributed by atoms with Crippen LogP contribution in [-0.2, 0) is 4.74 Å². The summed E-state index contributed by atoms with van der Waals surface area (Å²) < 4.78 is 12.1. The fourth-order valence-electron chi connectivity index (χ4n) is 2.05. The first-order valence-corrected chi connectivity index (χ1v) is 5.00. The first-order chi connectivity index (χ1) is 7.65. The first-order valence-electron chi connectivity index (χ1n) is 5.00. The molecular formula is C9H11N3O4. The smallest absolute Gasteiger partial charge is 0.354 e. The quantitative estimate of drug-likeness (QED) is 0.579. The Hall–Kier alpha value is -1.60. The van der Waals surface area contributed by atoms with Crippen LogP contribution >= 0.6 is 0 Å². The van der Waals surface area contributed by atoms with Gasteiger partial charge in [-0.05, 0) is 0 Å². The molecule has 3 heterocycles. The van der Waals surface area contributed by atoms with E-state index < -0.39 is 24.1 Å². The maximum atomic E-state index is 11.7. The number of hydrogen-bond acceptors (Lipinski definition) is 6. The van der Waals surface area contributed by atoms with Gasteiger partial charge in [0.15, 0.2) is 0 Å². The van der Waals surface area contributed by atoms with Gasteiger partial charge in [-0.3, -0.25) is 0 Å². The highest BCUT2D eigenvalue weighted by atomic mass is 16.6. The molecule has 1 fully saturated rings. The number of fused-ring (bicyclic) bond motifs is 4. The van der Waals surface area contributed by atoms with Crippen LogP contribution in [0.25, 0.3) is 0 Å². The van der Waals surface area contributed by atoms with Crippen LogP contribution in [0.5, 0.6) is 5.88 Å². The maximum absolute atomic E-state index is 11.7. The monoisotopic (exact) mass is 225 g/mol. The number of nitrogens with zero attached hydrogens (tertiary/aromatic N) is 2. The van der Waals surface area contributed by atoms with E-state index in [1.807, 2.05) is 0 Å². The number of aliphatic hydroxyl groups is 1. The molecule has 3 N–H and O–H groups in total. The Balaban J connectivity index is 2.14. The number of nitrogen functional groups attached to an aromatic ring is 1. The average molecular weight is 225 g/mol. The summed E-state index contributed by atoms with van der Waals surface area (Å²) >= 11 is 0. The lowest BCUT2D eigenvalue weighted by Crippen LogP contribution is -2.30. The number of nitrogens with two attached hydrogens (primary N) is 1. The van der Waals surface area contributed by atoms with Gasteiger partial charge in [0.25, 0.3) is 0 Å². The van der Waals surface area contributed by atoms with Crippen LogP contribution < -0.4 is 16.2 Å². The lowest BCUT2D eigenvalue weighted by Gasteiger charge is -2.16. The molecule has 2 bridgehead atoms. The summed E-state index contributed by atoms with van der Waals surface area (Å²) in [5.41, 5.74) is 4.95. The zero-order valence-corrected chi connectivity index (χ0v) is 8.37. The summed E-state index contributed by atoms with van der Waals surface area (Å²) in [4.78, 5) is 15.3. The number of aliphatic hydroxyl groups excluding tert-OH is 1. The highest BCUT2D eigenvalue weighted by Gasteiger charge is 2.39. The second kappa shape index (κ2) is 3.19. The van der Waals surface area contributed by atoms with Crippen molar-refractivity contribution in [2.24, 2.45) is 0 Å². The molecule has 3 atom stereocenters. The third-order valence-electron chi connectivity index (χ3n) is 2.83. The van der Waals surface area contributed by atoms with Crippen molar-refractivity contribution < 1.29 is 14.6 Å². The van der Waals surface area contributed by atoms with E-state index in [2.05, 4.69) is 4.98 Å². The SMILES string of the molecule is Nc1cc2n(c(=O)n1)C1CC(O)C(CO2)O1. The van der Waals surface area contributed by atoms with Crippen LogP contribution in [0.1, 0.15) is 12.6 Å². The number of ether oxygens (including phenoxy) is 2. The van der Waals surface area contributed by atoms with Crippen LogP contribution in [-0.4, -0.2) is 33.5 Å². The Kier molecular flexibility index (Phi) is 1.92. The molecule has 0 saturated carbocycles. The van der Waals surface area contributed by atoms with Gasteiger partial charge in [-0.15, -0.1) is 0 Å². The van der Waals surface area contributed by atoms with Crippen molar-refractivity contribution in [2.75, 3.05) is 12.3 Å². The molecule has 1 saturated heterocycles. The molecule has 3 rings (SSSR count). The van der Waals surface area contributed by atoms with Gasteiger partial charge in [-0.2, -0.15) is 4.98 Å². The molecule has 86 valence electrons. The van der Waals surface area contributed by atoms with E-state index in [1.165, 1.54) is 10.6 Å². The molecule has 1 aromatic rings. The Morgan fingerprint density at radius 1 is 1.62 bits per heavy atom. The van der Waals surface area contributed by atoms with Gasteiger partial charge in [0.1, 0.15) is 24.8 Å². The summed E-state index contributed by atoms with van der Waals surface area (Å²) in [5, 5.41) is 9.63. The van der Waals surface area contributed by atoms with Gasteiger partial charge < -0.3 is 20.3 Å². The minimum atomic E-state index is -0.609. The Morgan fingerprint density at radius 3 is 3.25 bits per heavy atom. The van der Waals surface area contributed by atoms with Gasteiger partial charge in [-0.25, -0.2) is 9.36 Å². The molecule has 0 spiro atoms. The number of anilines is 1. The maximum Gasteiger partial charge on any atom is 0.354 e. The van der Waals surface area contributed by atoms with Gasteiger partial charge in [0, 0.05) is 12.5 Å². The predicted octanol–water partition coefficient (Wildman–Crippen LogP) is -1.13. The molecule has 1 aromatic heterocycles. The molecule has 7 nitrogen and oxygen atoms in total. The molecule has 0 amide bonds. The van der Waals surface area contributed by atoms with E-state index in [-0.39, 0.29) is 12.4 Å². The zero-order valence-electron chi connectivity index (χ0n) is 8.37. The summed E-state index contributed by atoms with van der Waals surface area (Å²) in [7, 11) is 0. The zero-order chi connectivity index (χ0) is 11.3. The van der Waals surface area contributed by atoms with Crippen molar-refractivity contribution in [2.45, 2.75) is 24.9 Å². The fourth-order valence-corrected chi connectivity index (χ4v) is 2.05. The number of hydrogen-bond donors (Lipinski definition) is 2. The third kappa shape index (κ3) is 1.29. The summed E-state index contributed by atoms with van der Waals surface area (Å²) in [6.45, 7) is 0.209. The molecule has 7 heteroatoms. The van der Waals surface area contributed by atoms with E-state index in [1.54, 1.807) is 0 Å². The second-order valence-electron chi connectivity index (χ2n) is 3.92. The molecule has 2 aliphatic rings. The van der Waals surface area contributed by atoms with E-state index in [4.69, 9.17) is 15.2 Å². The van der Waals surface area contributed by atoms with Crippen molar-refractivity contribution in [1.29, 1.82) is 0 Å². The van der Waals surface area contributed by atoms with Crippen molar-refractivity contribution in [3.05, 3.63) is 16.6 Å². The Labute approximate surface area is 90.4 Å². The standard InChI is InChI=1S/C9H11N3O4/c10-6-2-7-12(9(14)11-6)8-1-4(13)5(16-8)3-15-7/h2,4-5,8,13H,1,3H2,(H2,10,11,14). The summed E-state index contributed by atoms with van der Waals surface area (Å²) in [5.74, 6) is 0.464. The normalized spacial score (nSPS) is 31.7. The van der Waals surface area contributed by atoms with Gasteiger partial charge >= 0.3 is 5.69 Å². The molecule has 2 aliphatic heterocycles. The van der Waals surface area contributed by atoms with Gasteiger partial charge in [0.2, 0.25) is 5.88 Å². The minimum Gasteiger partial charge on any atom is -0.476 e. The van der Waals surface area contributed by atoms with Gasteiger partial charge in [0.05, 0.1) is 6.10 Å². The number of rotatable bonds is 0. The summed E-state index contributed by atoms with van der Waals surface area (Å²) in [6, 6.07) is 1.48. The molecule has 0 aliphatic carbocycles. The van der Waals surface area contributed by atoms with Crippen molar-refractivity contribution >= 4 is 5.82 Å². The van der Waals surface area contributed by atoms with Gasteiger partial charge in [-0.1, -0.05) is 0 Å². The highest BCUT2D eigenvalue weighted by Crippen LogP contribution is 2.33. The van der Waals surface area contributed by atoms with Crippen LogP contribution in [0, 0.1) is 0 Å². The highest BCUT2D eigenvalue weighted by molar-refractivity contribution is 5.32. The second-order valence-corrected chi connectivity index (χ2v) is 3.92. The van der Waals surface area contributed by atoms with E-state index in [9.17, 15) is 9.90 Å². The Bertz CT molecular complexity index is 486. The van der Waals surface area contributed by atoms with Crippen LogP contribution in [0.15, 0.2) is 10.9 Å². The third-order valence-corrected chi connectivity index (χ3v) is 2.83. The molecule has 3 unspecified atom stereocenters. The summed E-state index contributed by atoms with van der Waals surface area (Å²) in [6.07, 6.45) is -1.15. The lowest BCUT2D eigenvalue weighted by molar-refractivity contribution is -0.0214.